The normalized spacial score (nSPS) is 16.5. The number of carbonyl (C=O) groups is 1. The topological polar surface area (TPSA) is 80.9 Å². The minimum absolute atomic E-state index is 0.118. The maximum atomic E-state index is 13.4. The zero-order chi connectivity index (χ0) is 20.2. The lowest BCUT2D eigenvalue weighted by atomic mass is 9.90. The van der Waals surface area contributed by atoms with Crippen molar-refractivity contribution in [3.8, 4) is 11.3 Å². The summed E-state index contributed by atoms with van der Waals surface area (Å²) in [6.45, 7) is 1.79. The molecule has 0 radical (unpaired) electrons. The smallest absolute Gasteiger partial charge is 0.253 e. The number of pyridine rings is 1. The van der Waals surface area contributed by atoms with Crippen molar-refractivity contribution in [2.24, 2.45) is 0 Å². The molecule has 0 unspecified atom stereocenters. The van der Waals surface area contributed by atoms with Gasteiger partial charge < -0.3 is 9.84 Å². The number of benzene rings is 1. The van der Waals surface area contributed by atoms with Gasteiger partial charge in [-0.2, -0.15) is 4.98 Å². The Morgan fingerprint density at radius 2 is 2.07 bits per heavy atom. The lowest BCUT2D eigenvalue weighted by molar-refractivity contribution is 0.0930. The van der Waals surface area contributed by atoms with Crippen LogP contribution in [0.3, 0.4) is 0 Å². The van der Waals surface area contributed by atoms with Crippen molar-refractivity contribution < 1.29 is 13.7 Å². The van der Waals surface area contributed by atoms with E-state index in [9.17, 15) is 9.18 Å². The molecule has 6 nitrogen and oxygen atoms in total. The van der Waals surface area contributed by atoms with E-state index in [1.165, 1.54) is 23.9 Å². The molecular formula is C22H21FN4O2. The molecule has 3 aromatic rings. The maximum absolute atomic E-state index is 13.4. The molecule has 0 bridgehead atoms. The molecule has 1 fully saturated rings. The fourth-order valence-corrected chi connectivity index (χ4v) is 3.44. The monoisotopic (exact) mass is 392 g/mol. The van der Waals surface area contributed by atoms with Crippen molar-refractivity contribution in [3.05, 3.63) is 71.3 Å². The Balaban J connectivity index is 1.33. The third kappa shape index (κ3) is 4.74. The van der Waals surface area contributed by atoms with Crippen molar-refractivity contribution in [2.45, 2.75) is 38.6 Å². The van der Waals surface area contributed by atoms with Gasteiger partial charge in [-0.25, -0.2) is 4.39 Å². The fraction of sp³-hybridized carbons (Fsp3) is 0.273. The quantitative estimate of drug-likeness (QED) is 0.715. The molecule has 0 spiro atoms. The van der Waals surface area contributed by atoms with Gasteiger partial charge in [-0.1, -0.05) is 22.9 Å². The van der Waals surface area contributed by atoms with Crippen LogP contribution in [0.15, 0.2) is 52.7 Å². The summed E-state index contributed by atoms with van der Waals surface area (Å²) in [5, 5.41) is 6.86. The van der Waals surface area contributed by atoms with Gasteiger partial charge in [-0.3, -0.25) is 9.78 Å². The molecule has 148 valence electrons. The minimum Gasteiger partial charge on any atom is -0.349 e. The van der Waals surface area contributed by atoms with E-state index in [2.05, 4.69) is 20.4 Å². The number of halogens is 1. The molecule has 1 saturated carbocycles. The number of allylic oxidation sites excluding steroid dienone is 1. The van der Waals surface area contributed by atoms with Gasteiger partial charge in [0.25, 0.3) is 11.8 Å². The number of hydrogen-bond acceptors (Lipinski definition) is 5. The number of amides is 1. The van der Waals surface area contributed by atoms with Crippen LogP contribution in [0.25, 0.3) is 17.3 Å². The number of nitrogens with zero attached hydrogens (tertiary/aromatic N) is 3. The first-order valence-corrected chi connectivity index (χ1v) is 9.59. The van der Waals surface area contributed by atoms with Crippen LogP contribution in [0, 0.1) is 12.7 Å². The second-order valence-corrected chi connectivity index (χ2v) is 7.17. The van der Waals surface area contributed by atoms with Gasteiger partial charge >= 0.3 is 0 Å². The van der Waals surface area contributed by atoms with E-state index < -0.39 is 0 Å². The van der Waals surface area contributed by atoms with Crippen molar-refractivity contribution in [1.29, 1.82) is 0 Å². The van der Waals surface area contributed by atoms with Crippen LogP contribution in [0.1, 0.15) is 47.8 Å². The third-order valence-electron chi connectivity index (χ3n) is 4.98. The number of carbonyl (C=O) groups excluding carboxylic acids is 1. The van der Waals surface area contributed by atoms with Gasteiger partial charge in [-0.15, -0.1) is 0 Å². The first-order valence-electron chi connectivity index (χ1n) is 9.59. The van der Waals surface area contributed by atoms with Crippen molar-refractivity contribution >= 4 is 12.0 Å². The molecule has 2 heterocycles. The Kier molecular flexibility index (Phi) is 5.46. The SMILES string of the molecule is Cc1noc(C=C2CCC(NC(=O)c3ccc(-c4cccc(F)c4)nc3)CC2)n1. The third-order valence-corrected chi connectivity index (χ3v) is 4.98. The standard InChI is InChI=1S/C22H21FN4O2/c1-14-25-21(29-27-14)11-15-5-8-19(9-6-15)26-22(28)17-7-10-20(24-13-17)16-3-2-4-18(23)12-16/h2-4,7,10-13,19H,5-6,8-9H2,1H3,(H,26,28). The summed E-state index contributed by atoms with van der Waals surface area (Å²) in [5.41, 5.74) is 3.05. The van der Waals surface area contributed by atoms with Gasteiger partial charge in [0.1, 0.15) is 5.82 Å². The average Bonchev–Trinajstić information content (AvgIpc) is 3.14. The molecule has 1 aliphatic rings. The van der Waals surface area contributed by atoms with Crippen LogP contribution in [0.5, 0.6) is 0 Å². The maximum Gasteiger partial charge on any atom is 0.253 e. The molecule has 2 aromatic heterocycles. The van der Waals surface area contributed by atoms with Gasteiger partial charge in [-0.05, 0) is 56.9 Å². The molecule has 1 amide bonds. The molecule has 0 atom stereocenters. The van der Waals surface area contributed by atoms with E-state index in [0.717, 1.165) is 25.7 Å². The second kappa shape index (κ2) is 8.34. The van der Waals surface area contributed by atoms with E-state index in [0.29, 0.717) is 28.5 Å². The number of aromatic nitrogens is 3. The van der Waals surface area contributed by atoms with E-state index in [4.69, 9.17) is 4.52 Å². The largest absolute Gasteiger partial charge is 0.349 e. The average molecular weight is 392 g/mol. The van der Waals surface area contributed by atoms with E-state index >= 15 is 0 Å². The second-order valence-electron chi connectivity index (χ2n) is 7.17. The Morgan fingerprint density at radius 3 is 2.72 bits per heavy atom. The predicted octanol–water partition coefficient (Wildman–Crippen LogP) is 4.34. The van der Waals surface area contributed by atoms with Crippen LogP contribution >= 0.6 is 0 Å². The Labute approximate surface area is 167 Å². The lowest BCUT2D eigenvalue weighted by Crippen LogP contribution is -2.36. The van der Waals surface area contributed by atoms with E-state index in [1.54, 1.807) is 31.2 Å². The summed E-state index contributed by atoms with van der Waals surface area (Å²) >= 11 is 0. The van der Waals surface area contributed by atoms with Gasteiger partial charge in [0, 0.05) is 23.9 Å². The van der Waals surface area contributed by atoms with Crippen LogP contribution in [-0.2, 0) is 0 Å². The van der Waals surface area contributed by atoms with Crippen LogP contribution in [0.4, 0.5) is 4.39 Å². The van der Waals surface area contributed by atoms with Crippen LogP contribution in [-0.4, -0.2) is 27.1 Å². The van der Waals surface area contributed by atoms with Crippen molar-refractivity contribution in [3.63, 3.8) is 0 Å². The highest BCUT2D eigenvalue weighted by molar-refractivity contribution is 5.94. The summed E-state index contributed by atoms with van der Waals surface area (Å²) in [6.07, 6.45) is 6.94. The van der Waals surface area contributed by atoms with Crippen molar-refractivity contribution in [2.75, 3.05) is 0 Å². The van der Waals surface area contributed by atoms with E-state index in [1.807, 2.05) is 6.08 Å². The highest BCUT2D eigenvalue weighted by Gasteiger charge is 2.20. The Hall–Kier alpha value is -3.35. The lowest BCUT2D eigenvalue weighted by Gasteiger charge is -2.24. The molecule has 1 aliphatic carbocycles. The molecule has 0 saturated heterocycles. The molecular weight excluding hydrogens is 371 g/mol. The van der Waals surface area contributed by atoms with Gasteiger partial charge in [0.15, 0.2) is 5.82 Å². The Bertz CT molecular complexity index is 1030. The summed E-state index contributed by atoms with van der Waals surface area (Å²) in [6, 6.07) is 9.80. The number of aryl methyl sites for hydroxylation is 1. The molecule has 4 rings (SSSR count). The molecule has 1 aromatic carbocycles. The zero-order valence-electron chi connectivity index (χ0n) is 16.1. The first kappa shape index (κ1) is 19.0. The number of rotatable bonds is 4. The summed E-state index contributed by atoms with van der Waals surface area (Å²) in [7, 11) is 0. The fourth-order valence-electron chi connectivity index (χ4n) is 3.44. The van der Waals surface area contributed by atoms with Crippen LogP contribution in [0.2, 0.25) is 0 Å². The van der Waals surface area contributed by atoms with Crippen LogP contribution < -0.4 is 5.32 Å². The highest BCUT2D eigenvalue weighted by Crippen LogP contribution is 2.25. The summed E-state index contributed by atoms with van der Waals surface area (Å²) in [5.74, 6) is 0.693. The molecule has 1 N–H and O–H groups in total. The molecule has 7 heteroatoms. The number of nitrogens with one attached hydrogen (secondary N) is 1. The number of hydrogen-bond donors (Lipinski definition) is 1. The summed E-state index contributed by atoms with van der Waals surface area (Å²) < 4.78 is 18.5. The van der Waals surface area contributed by atoms with Gasteiger partial charge in [0.05, 0.1) is 11.3 Å². The Morgan fingerprint density at radius 1 is 1.24 bits per heavy atom. The molecule has 29 heavy (non-hydrogen) atoms. The minimum atomic E-state index is -0.314. The van der Waals surface area contributed by atoms with E-state index in [-0.39, 0.29) is 17.8 Å². The predicted molar refractivity (Wildman–Crippen MR) is 106 cm³/mol. The van der Waals surface area contributed by atoms with Crippen molar-refractivity contribution in [1.82, 2.24) is 20.4 Å². The summed E-state index contributed by atoms with van der Waals surface area (Å²) in [4.78, 5) is 21.0. The van der Waals surface area contributed by atoms with Gasteiger partial charge in [0.2, 0.25) is 0 Å². The highest BCUT2D eigenvalue weighted by atomic mass is 19.1. The first-order chi connectivity index (χ1) is 14.1. The zero-order valence-corrected chi connectivity index (χ0v) is 16.1. The molecule has 0 aliphatic heterocycles.